The van der Waals surface area contributed by atoms with Crippen molar-refractivity contribution in [2.75, 3.05) is 4.90 Å². The molecule has 1 unspecified atom stereocenters. The lowest BCUT2D eigenvalue weighted by molar-refractivity contribution is 0.669. The molecule has 0 saturated carbocycles. The van der Waals surface area contributed by atoms with Crippen LogP contribution in [0.15, 0.2) is 209 Å². The number of benzene rings is 8. The second kappa shape index (κ2) is 13.0. The molecule has 274 valence electrons. The number of nitrogens with zero attached hydrogens (tertiary/aromatic N) is 2. The second-order valence-corrected chi connectivity index (χ2v) is 15.2. The van der Waals surface area contributed by atoms with Crippen LogP contribution >= 0.6 is 0 Å². The van der Waals surface area contributed by atoms with E-state index < -0.39 is 0 Å². The molecule has 0 amide bonds. The molecule has 8 aromatic carbocycles. The van der Waals surface area contributed by atoms with Crippen molar-refractivity contribution in [2.45, 2.75) is 12.3 Å². The summed E-state index contributed by atoms with van der Waals surface area (Å²) in [6.07, 6.45) is 5.70. The first-order valence-electron chi connectivity index (χ1n) is 19.9. The van der Waals surface area contributed by atoms with Gasteiger partial charge in [-0.1, -0.05) is 121 Å². The number of hydrogen-bond donors (Lipinski definition) is 0. The third kappa shape index (κ3) is 5.15. The van der Waals surface area contributed by atoms with E-state index in [2.05, 4.69) is 185 Å². The zero-order valence-corrected chi connectivity index (χ0v) is 31.5. The minimum absolute atomic E-state index is 0.132. The summed E-state index contributed by atoms with van der Waals surface area (Å²) < 4.78 is 15.3. The van der Waals surface area contributed by atoms with E-state index >= 15 is 0 Å². The summed E-state index contributed by atoms with van der Waals surface area (Å²) in [6, 6.07) is 67.1. The average molecular weight is 745 g/mol. The van der Waals surface area contributed by atoms with Crippen molar-refractivity contribution in [3.63, 3.8) is 0 Å². The maximum absolute atomic E-state index is 6.41. The SMILES string of the molecule is C1=C(c2ccccc2)C=C(n2c3ccccc3c3ccccc32)C(c2ccc(N(c3ccc4c(c3)oc3ccccc34)c3ccc4c(c3)oc3ccccc34)cc2)C1. The van der Waals surface area contributed by atoms with Gasteiger partial charge in [0.05, 0.1) is 11.0 Å². The molecule has 0 N–H and O–H groups in total. The highest BCUT2D eigenvalue weighted by Crippen LogP contribution is 2.45. The van der Waals surface area contributed by atoms with Crippen LogP contribution in [-0.4, -0.2) is 4.57 Å². The van der Waals surface area contributed by atoms with Gasteiger partial charge in [-0.15, -0.1) is 0 Å². The number of para-hydroxylation sites is 4. The van der Waals surface area contributed by atoms with Gasteiger partial charge in [0.1, 0.15) is 22.3 Å². The van der Waals surface area contributed by atoms with Crippen LogP contribution in [0.4, 0.5) is 17.1 Å². The molecule has 4 nitrogen and oxygen atoms in total. The molecule has 4 heteroatoms. The molecule has 0 fully saturated rings. The highest BCUT2D eigenvalue weighted by molar-refractivity contribution is 6.11. The molecule has 11 aromatic rings. The number of aromatic nitrogens is 1. The number of rotatable bonds is 6. The standard InChI is InChI=1S/C54H36N2O2/c1-2-12-35(13-3-1)37-24-29-41(50(32-37)56-48-18-8-4-14-42(48)43-15-5-9-19-49(43)56)36-22-25-38(26-23-36)55(39-27-30-46-44-16-6-10-20-51(44)57-53(46)33-39)40-28-31-47-45-17-7-11-21-52(45)58-54(47)34-40/h1-28,30-34,41H,29H2. The number of hydrogen-bond acceptors (Lipinski definition) is 3. The van der Waals surface area contributed by atoms with Crippen molar-refractivity contribution in [3.05, 3.63) is 211 Å². The molecule has 0 saturated heterocycles. The van der Waals surface area contributed by atoms with Crippen molar-refractivity contribution in [1.82, 2.24) is 4.57 Å². The largest absolute Gasteiger partial charge is 0.456 e. The maximum Gasteiger partial charge on any atom is 0.137 e. The van der Waals surface area contributed by atoms with Gasteiger partial charge in [0.15, 0.2) is 0 Å². The lowest BCUT2D eigenvalue weighted by Crippen LogP contribution is -2.13. The maximum atomic E-state index is 6.41. The zero-order chi connectivity index (χ0) is 38.2. The minimum atomic E-state index is 0.132. The van der Waals surface area contributed by atoms with Crippen LogP contribution in [0, 0.1) is 0 Å². The lowest BCUT2D eigenvalue weighted by Gasteiger charge is -2.29. The quantitative estimate of drug-likeness (QED) is 0.170. The fourth-order valence-corrected chi connectivity index (χ4v) is 9.25. The Kier molecular flexibility index (Phi) is 7.32. The Morgan fingerprint density at radius 1 is 0.431 bits per heavy atom. The van der Waals surface area contributed by atoms with Crippen molar-refractivity contribution in [3.8, 4) is 0 Å². The molecule has 1 atom stereocenters. The average Bonchev–Trinajstić information content (AvgIpc) is 3.96. The minimum Gasteiger partial charge on any atom is -0.456 e. The van der Waals surface area contributed by atoms with Crippen LogP contribution in [0.2, 0.25) is 0 Å². The Balaban J connectivity index is 1.00. The van der Waals surface area contributed by atoms with E-state index in [4.69, 9.17) is 8.83 Å². The lowest BCUT2D eigenvalue weighted by atomic mass is 9.85. The summed E-state index contributed by atoms with van der Waals surface area (Å²) in [5.41, 5.74) is 14.0. The van der Waals surface area contributed by atoms with E-state index in [1.807, 2.05) is 24.3 Å². The van der Waals surface area contributed by atoms with Crippen LogP contribution < -0.4 is 4.90 Å². The fraction of sp³-hybridized carbons (Fsp3) is 0.0370. The molecular formula is C54H36N2O2. The number of fused-ring (bicyclic) bond motifs is 9. The predicted octanol–water partition coefficient (Wildman–Crippen LogP) is 15.2. The summed E-state index contributed by atoms with van der Waals surface area (Å²) in [5, 5.41) is 6.98. The first-order valence-corrected chi connectivity index (χ1v) is 19.9. The molecule has 0 bridgehead atoms. The van der Waals surface area contributed by atoms with Gasteiger partial charge in [0, 0.05) is 73.1 Å². The Morgan fingerprint density at radius 3 is 1.50 bits per heavy atom. The van der Waals surface area contributed by atoms with Gasteiger partial charge in [-0.3, -0.25) is 0 Å². The van der Waals surface area contributed by atoms with Gasteiger partial charge >= 0.3 is 0 Å². The van der Waals surface area contributed by atoms with E-state index in [1.54, 1.807) is 0 Å². The molecule has 58 heavy (non-hydrogen) atoms. The zero-order valence-electron chi connectivity index (χ0n) is 31.5. The molecular weight excluding hydrogens is 709 g/mol. The monoisotopic (exact) mass is 744 g/mol. The van der Waals surface area contributed by atoms with Crippen molar-refractivity contribution in [1.29, 1.82) is 0 Å². The molecule has 0 radical (unpaired) electrons. The van der Waals surface area contributed by atoms with Crippen molar-refractivity contribution >= 4 is 94.0 Å². The summed E-state index contributed by atoms with van der Waals surface area (Å²) in [7, 11) is 0. The molecule has 3 heterocycles. The van der Waals surface area contributed by atoms with Crippen molar-refractivity contribution < 1.29 is 8.83 Å². The van der Waals surface area contributed by atoms with Crippen LogP contribution in [0.3, 0.4) is 0 Å². The highest BCUT2D eigenvalue weighted by Gasteiger charge is 2.26. The van der Waals surface area contributed by atoms with E-state index in [9.17, 15) is 0 Å². The number of allylic oxidation sites excluding steroid dienone is 4. The summed E-state index contributed by atoms with van der Waals surface area (Å²) in [5.74, 6) is 0.132. The first kappa shape index (κ1) is 32.7. The van der Waals surface area contributed by atoms with E-state index in [1.165, 1.54) is 44.2 Å². The van der Waals surface area contributed by atoms with Crippen molar-refractivity contribution in [2.24, 2.45) is 0 Å². The van der Waals surface area contributed by atoms with E-state index in [-0.39, 0.29) is 5.92 Å². The third-order valence-electron chi connectivity index (χ3n) is 12.0. The van der Waals surface area contributed by atoms with Gasteiger partial charge in [-0.25, -0.2) is 0 Å². The Hall–Kier alpha value is -7.56. The molecule has 0 spiro atoms. The third-order valence-corrected chi connectivity index (χ3v) is 12.0. The highest BCUT2D eigenvalue weighted by atomic mass is 16.3. The second-order valence-electron chi connectivity index (χ2n) is 15.2. The van der Waals surface area contributed by atoms with Crippen LogP contribution in [-0.2, 0) is 0 Å². The smallest absolute Gasteiger partial charge is 0.137 e. The number of anilines is 3. The number of furan rings is 2. The topological polar surface area (TPSA) is 34.5 Å². The first-order chi connectivity index (χ1) is 28.7. The fourth-order valence-electron chi connectivity index (χ4n) is 9.25. The van der Waals surface area contributed by atoms with Gasteiger partial charge in [-0.2, -0.15) is 0 Å². The predicted molar refractivity (Wildman–Crippen MR) is 241 cm³/mol. The summed E-state index contributed by atoms with van der Waals surface area (Å²) >= 11 is 0. The Morgan fingerprint density at radius 2 is 0.914 bits per heavy atom. The Bertz CT molecular complexity index is 3270. The van der Waals surface area contributed by atoms with Crippen LogP contribution in [0.25, 0.3) is 77.0 Å². The summed E-state index contributed by atoms with van der Waals surface area (Å²) in [6.45, 7) is 0. The van der Waals surface area contributed by atoms with Crippen LogP contribution in [0.1, 0.15) is 23.5 Å². The van der Waals surface area contributed by atoms with Gasteiger partial charge in [0.2, 0.25) is 0 Å². The van der Waals surface area contributed by atoms with Gasteiger partial charge in [-0.05, 0) is 89.9 Å². The van der Waals surface area contributed by atoms with Crippen LogP contribution in [0.5, 0.6) is 0 Å². The van der Waals surface area contributed by atoms with Gasteiger partial charge in [0.25, 0.3) is 0 Å². The summed E-state index contributed by atoms with van der Waals surface area (Å²) in [4.78, 5) is 2.31. The Labute approximate surface area is 334 Å². The molecule has 3 aromatic heterocycles. The molecule has 12 rings (SSSR count). The van der Waals surface area contributed by atoms with E-state index in [0.29, 0.717) is 0 Å². The van der Waals surface area contributed by atoms with Gasteiger partial charge < -0.3 is 18.3 Å². The molecule has 1 aliphatic rings. The van der Waals surface area contributed by atoms with E-state index in [0.717, 1.165) is 67.4 Å². The molecule has 1 aliphatic carbocycles. The normalized spacial score (nSPS) is 14.5. The molecule has 0 aliphatic heterocycles.